The van der Waals surface area contributed by atoms with Crippen molar-refractivity contribution in [3.05, 3.63) is 83.7 Å². The standard InChI is InChI=1S/C30H29N9O3/c1-17-36-37-29(42-17)30(41)38-13-2-3-22(16-38)27-35-24(25-26(31)33-12-14-39(25)27)19-6-8-20(9-7-19)28(40)34-23-15-21(10-11-32-23)18-4-5-18/h6-12,14-15,18,22H,2-5,13,16H2,1H3,(H2,31,33)(H,32,34,40)/t22-/m1/s1. The van der Waals surface area contributed by atoms with Crippen molar-refractivity contribution in [3.8, 4) is 11.3 Å². The van der Waals surface area contributed by atoms with Crippen LogP contribution in [-0.2, 0) is 0 Å². The number of hydrogen-bond donors (Lipinski definition) is 2. The SMILES string of the molecule is Cc1nnc(C(=O)N2CCC[C@@H](c3nc(-c4ccc(C(=O)Nc5cc(C6CC6)ccn5)cc4)c4c(N)nccn34)C2)o1. The number of piperidine rings is 1. The number of fused-ring (bicyclic) bond motifs is 1. The van der Waals surface area contributed by atoms with E-state index < -0.39 is 0 Å². The van der Waals surface area contributed by atoms with Gasteiger partial charge in [0.15, 0.2) is 0 Å². The molecular weight excluding hydrogens is 534 g/mol. The van der Waals surface area contributed by atoms with Crippen molar-refractivity contribution < 1.29 is 14.0 Å². The number of likely N-dealkylation sites (tertiary alicyclic amines) is 1. The number of imidazole rings is 1. The van der Waals surface area contributed by atoms with Crippen LogP contribution in [0, 0.1) is 6.92 Å². The predicted octanol–water partition coefficient (Wildman–Crippen LogP) is 4.21. The minimum Gasteiger partial charge on any atom is -0.417 e. The molecule has 12 nitrogen and oxygen atoms in total. The number of nitrogens with zero attached hydrogens (tertiary/aromatic N) is 7. The molecule has 2 amide bonds. The van der Waals surface area contributed by atoms with Gasteiger partial charge >= 0.3 is 11.8 Å². The van der Waals surface area contributed by atoms with E-state index in [0.717, 1.165) is 24.2 Å². The number of nitrogens with two attached hydrogens (primary N) is 1. The highest BCUT2D eigenvalue weighted by Crippen LogP contribution is 2.40. The second-order valence-corrected chi connectivity index (χ2v) is 10.8. The number of rotatable bonds is 6. The highest BCUT2D eigenvalue weighted by Gasteiger charge is 2.31. The number of anilines is 2. The average molecular weight is 564 g/mol. The Morgan fingerprint density at radius 1 is 1.02 bits per heavy atom. The maximum Gasteiger partial charge on any atom is 0.311 e. The molecule has 12 heteroatoms. The van der Waals surface area contributed by atoms with Crippen LogP contribution in [0.4, 0.5) is 11.6 Å². The Kier molecular flexibility index (Phi) is 6.37. The van der Waals surface area contributed by atoms with Crippen molar-refractivity contribution in [2.24, 2.45) is 0 Å². The van der Waals surface area contributed by atoms with E-state index >= 15 is 0 Å². The minimum absolute atomic E-state index is 0.00853. The summed E-state index contributed by atoms with van der Waals surface area (Å²) in [6, 6.07) is 11.2. The topological polar surface area (TPSA) is 157 Å². The Labute approximate surface area is 241 Å². The second kappa shape index (κ2) is 10.4. The quantitative estimate of drug-likeness (QED) is 0.309. The van der Waals surface area contributed by atoms with E-state index in [-0.39, 0.29) is 23.6 Å². The molecule has 7 rings (SSSR count). The van der Waals surface area contributed by atoms with Crippen molar-refractivity contribution >= 4 is 29.0 Å². The van der Waals surface area contributed by atoms with Crippen LogP contribution in [0.1, 0.15) is 75.8 Å². The lowest BCUT2D eigenvalue weighted by molar-refractivity contribution is 0.0662. The first-order valence-electron chi connectivity index (χ1n) is 14.0. The van der Waals surface area contributed by atoms with E-state index in [1.54, 1.807) is 36.4 Å². The van der Waals surface area contributed by atoms with E-state index in [1.807, 2.05) is 34.9 Å². The first kappa shape index (κ1) is 25.8. The van der Waals surface area contributed by atoms with Gasteiger partial charge in [-0.05, 0) is 61.4 Å². The number of nitrogens with one attached hydrogen (secondary N) is 1. The minimum atomic E-state index is -0.286. The van der Waals surface area contributed by atoms with Gasteiger partial charge in [-0.1, -0.05) is 12.1 Å². The number of aryl methyl sites for hydroxylation is 1. The van der Waals surface area contributed by atoms with Crippen molar-refractivity contribution in [1.82, 2.24) is 34.4 Å². The van der Waals surface area contributed by atoms with Crippen LogP contribution in [-0.4, -0.2) is 59.4 Å². The largest absolute Gasteiger partial charge is 0.417 e. The van der Waals surface area contributed by atoms with E-state index in [2.05, 4.69) is 25.5 Å². The molecule has 0 radical (unpaired) electrons. The summed E-state index contributed by atoms with van der Waals surface area (Å²) in [7, 11) is 0. The molecule has 0 bridgehead atoms. The molecule has 1 aromatic carbocycles. The van der Waals surface area contributed by atoms with Gasteiger partial charge in [0.05, 0.1) is 0 Å². The summed E-state index contributed by atoms with van der Waals surface area (Å²) < 4.78 is 7.32. The van der Waals surface area contributed by atoms with Gasteiger partial charge in [0.1, 0.15) is 28.7 Å². The molecule has 1 saturated heterocycles. The van der Waals surface area contributed by atoms with E-state index in [0.29, 0.717) is 53.3 Å². The van der Waals surface area contributed by atoms with Crippen molar-refractivity contribution in [3.63, 3.8) is 0 Å². The number of nitrogen functional groups attached to an aromatic ring is 1. The Morgan fingerprint density at radius 3 is 2.62 bits per heavy atom. The molecule has 212 valence electrons. The fourth-order valence-corrected chi connectivity index (χ4v) is 5.62. The van der Waals surface area contributed by atoms with Gasteiger partial charge in [0.25, 0.3) is 5.91 Å². The molecule has 5 heterocycles. The van der Waals surface area contributed by atoms with Crippen LogP contribution < -0.4 is 11.1 Å². The Bertz CT molecular complexity index is 1810. The lowest BCUT2D eigenvalue weighted by atomic mass is 9.97. The molecule has 1 saturated carbocycles. The molecule has 1 atom stereocenters. The van der Waals surface area contributed by atoms with Gasteiger partial charge in [-0.3, -0.25) is 14.0 Å². The van der Waals surface area contributed by atoms with Crippen LogP contribution in [0.25, 0.3) is 16.8 Å². The Balaban J connectivity index is 1.15. The number of pyridine rings is 1. The number of amides is 2. The highest BCUT2D eigenvalue weighted by atomic mass is 16.4. The lowest BCUT2D eigenvalue weighted by Crippen LogP contribution is -2.39. The molecule has 42 heavy (non-hydrogen) atoms. The van der Waals surface area contributed by atoms with Gasteiger partial charge in [-0.2, -0.15) is 0 Å². The first-order valence-corrected chi connectivity index (χ1v) is 14.0. The van der Waals surface area contributed by atoms with Gasteiger partial charge in [-0.15, -0.1) is 10.2 Å². The number of carbonyl (C=O) groups excluding carboxylic acids is 2. The third kappa shape index (κ3) is 4.84. The monoisotopic (exact) mass is 563 g/mol. The fourth-order valence-electron chi connectivity index (χ4n) is 5.62. The van der Waals surface area contributed by atoms with Crippen LogP contribution in [0.2, 0.25) is 0 Å². The van der Waals surface area contributed by atoms with Gasteiger partial charge in [0, 0.05) is 55.6 Å². The maximum atomic E-state index is 13.0. The summed E-state index contributed by atoms with van der Waals surface area (Å²) in [6.07, 6.45) is 9.23. The Morgan fingerprint density at radius 2 is 1.86 bits per heavy atom. The number of carbonyl (C=O) groups is 2. The van der Waals surface area contributed by atoms with Gasteiger partial charge < -0.3 is 20.4 Å². The molecule has 5 aromatic rings. The second-order valence-electron chi connectivity index (χ2n) is 10.8. The van der Waals surface area contributed by atoms with Gasteiger partial charge in [-0.25, -0.2) is 15.0 Å². The molecular formula is C30H29N9O3. The zero-order valence-corrected chi connectivity index (χ0v) is 23.0. The molecule has 2 aliphatic rings. The summed E-state index contributed by atoms with van der Waals surface area (Å²) in [5.41, 5.74) is 10.2. The molecule has 2 fully saturated rings. The summed E-state index contributed by atoms with van der Waals surface area (Å²) in [5, 5.41) is 10.6. The highest BCUT2D eigenvalue weighted by molar-refractivity contribution is 6.04. The normalized spacial score (nSPS) is 17.0. The van der Waals surface area contributed by atoms with Crippen molar-refractivity contribution in [2.45, 2.75) is 44.4 Å². The van der Waals surface area contributed by atoms with E-state index in [4.69, 9.17) is 15.1 Å². The molecule has 1 aliphatic carbocycles. The predicted molar refractivity (Wildman–Crippen MR) is 154 cm³/mol. The van der Waals surface area contributed by atoms with Crippen LogP contribution in [0.15, 0.2) is 59.4 Å². The molecule has 3 N–H and O–H groups in total. The van der Waals surface area contributed by atoms with Crippen LogP contribution in [0.5, 0.6) is 0 Å². The maximum absolute atomic E-state index is 13.0. The lowest BCUT2D eigenvalue weighted by Gasteiger charge is -2.31. The molecule has 1 aliphatic heterocycles. The number of aromatic nitrogens is 6. The summed E-state index contributed by atoms with van der Waals surface area (Å²) in [4.78, 5) is 41.4. The smallest absolute Gasteiger partial charge is 0.311 e. The molecule has 4 aromatic heterocycles. The molecule has 0 unspecified atom stereocenters. The average Bonchev–Trinajstić information content (AvgIpc) is 3.66. The van der Waals surface area contributed by atoms with Crippen molar-refractivity contribution in [1.29, 1.82) is 0 Å². The van der Waals surface area contributed by atoms with Crippen LogP contribution in [0.3, 0.4) is 0 Å². The summed E-state index contributed by atoms with van der Waals surface area (Å²) in [6.45, 7) is 2.71. The first-order chi connectivity index (χ1) is 20.4. The van der Waals surface area contributed by atoms with Gasteiger partial charge in [0.2, 0.25) is 5.89 Å². The van der Waals surface area contributed by atoms with Crippen LogP contribution >= 0.6 is 0 Å². The van der Waals surface area contributed by atoms with Crippen molar-refractivity contribution in [2.75, 3.05) is 24.1 Å². The number of hydrogen-bond acceptors (Lipinski definition) is 9. The third-order valence-electron chi connectivity index (χ3n) is 7.89. The zero-order valence-electron chi connectivity index (χ0n) is 23.0. The Hall–Kier alpha value is -5.13. The number of benzene rings is 1. The zero-order chi connectivity index (χ0) is 28.8. The fraction of sp³-hybridized carbons (Fsp3) is 0.300. The molecule has 0 spiro atoms. The third-order valence-corrected chi connectivity index (χ3v) is 7.89. The van der Waals surface area contributed by atoms with E-state index in [1.165, 1.54) is 18.4 Å². The van der Waals surface area contributed by atoms with E-state index in [9.17, 15) is 9.59 Å². The summed E-state index contributed by atoms with van der Waals surface area (Å²) >= 11 is 0. The summed E-state index contributed by atoms with van der Waals surface area (Å²) in [5.74, 6) is 2.04.